The number of fused-ring (bicyclic) bond motifs is 1. The molecule has 0 saturated heterocycles. The molecule has 4 aromatic rings. The molecule has 5 heteroatoms. The fraction of sp³-hybridized carbons (Fsp3) is 0.136. The highest BCUT2D eigenvalue weighted by atomic mass is 35.5. The summed E-state index contributed by atoms with van der Waals surface area (Å²) in [6.07, 6.45) is 0. The van der Waals surface area contributed by atoms with Crippen LogP contribution in [0.4, 0.5) is 5.69 Å². The van der Waals surface area contributed by atoms with Crippen molar-refractivity contribution in [3.8, 4) is 11.5 Å². The van der Waals surface area contributed by atoms with E-state index in [1.54, 1.807) is 0 Å². The van der Waals surface area contributed by atoms with Crippen LogP contribution in [0.5, 0.6) is 0 Å². The van der Waals surface area contributed by atoms with Crippen molar-refractivity contribution >= 4 is 34.0 Å². The summed E-state index contributed by atoms with van der Waals surface area (Å²) >= 11 is 6.06. The number of aliphatic imine (C=N–C) groups is 1. The van der Waals surface area contributed by atoms with Crippen molar-refractivity contribution in [3.63, 3.8) is 0 Å². The van der Waals surface area contributed by atoms with Gasteiger partial charge in [0.25, 0.3) is 0 Å². The van der Waals surface area contributed by atoms with Gasteiger partial charge in [-0.15, -0.1) is 0 Å². The second kappa shape index (κ2) is 6.97. The van der Waals surface area contributed by atoms with E-state index in [2.05, 4.69) is 35.9 Å². The quantitative estimate of drug-likeness (QED) is 0.445. The van der Waals surface area contributed by atoms with Gasteiger partial charge in [0.15, 0.2) is 5.82 Å². The molecule has 2 aromatic heterocycles. The summed E-state index contributed by atoms with van der Waals surface area (Å²) in [5, 5.41) is 0.677. The Morgan fingerprint density at radius 1 is 0.963 bits per heavy atom. The molecule has 0 aliphatic heterocycles. The fourth-order valence-corrected chi connectivity index (χ4v) is 3.25. The Bertz CT molecular complexity index is 1150. The van der Waals surface area contributed by atoms with E-state index in [9.17, 15) is 0 Å². The first kappa shape index (κ1) is 17.4. The van der Waals surface area contributed by atoms with Crippen LogP contribution in [-0.2, 0) is 0 Å². The molecular weight excluding hydrogens is 356 g/mol. The maximum absolute atomic E-state index is 6.06. The second-order valence-electron chi connectivity index (χ2n) is 6.59. The molecule has 0 fully saturated rings. The summed E-state index contributed by atoms with van der Waals surface area (Å²) < 4.78 is 0. The summed E-state index contributed by atoms with van der Waals surface area (Å²) in [6, 6.07) is 17.7. The SMILES string of the molecule is CC(=Nc1c(C)cccc1C)c1cccc(-c2nc3ccc(Cl)cc3[nH]2)n1. The topological polar surface area (TPSA) is 53.9 Å². The highest BCUT2D eigenvalue weighted by Gasteiger charge is 2.10. The van der Waals surface area contributed by atoms with E-state index in [4.69, 9.17) is 21.6 Å². The van der Waals surface area contributed by atoms with Crippen molar-refractivity contribution in [2.45, 2.75) is 20.8 Å². The molecule has 4 nitrogen and oxygen atoms in total. The second-order valence-corrected chi connectivity index (χ2v) is 7.03. The standard InChI is InChI=1S/C22H19ClN4/c1-13-6-4-7-14(2)21(13)24-15(3)17-8-5-9-19(25-17)22-26-18-11-10-16(23)12-20(18)27-22/h4-12H,1-3H3,(H,26,27). The zero-order valence-corrected chi connectivity index (χ0v) is 16.2. The Morgan fingerprint density at radius 2 is 1.70 bits per heavy atom. The van der Waals surface area contributed by atoms with Crippen LogP contribution in [0.25, 0.3) is 22.6 Å². The largest absolute Gasteiger partial charge is 0.337 e. The zero-order chi connectivity index (χ0) is 19.0. The monoisotopic (exact) mass is 374 g/mol. The van der Waals surface area contributed by atoms with Crippen molar-refractivity contribution < 1.29 is 0 Å². The molecule has 2 aromatic carbocycles. The minimum atomic E-state index is 0.677. The molecule has 2 heterocycles. The number of hydrogen-bond acceptors (Lipinski definition) is 3. The molecule has 0 saturated carbocycles. The number of pyridine rings is 1. The first-order chi connectivity index (χ1) is 13.0. The van der Waals surface area contributed by atoms with Gasteiger partial charge in [0, 0.05) is 5.02 Å². The van der Waals surface area contributed by atoms with Gasteiger partial charge in [-0.25, -0.2) is 9.97 Å². The summed E-state index contributed by atoms with van der Waals surface area (Å²) in [7, 11) is 0. The number of nitrogens with zero attached hydrogens (tertiary/aromatic N) is 3. The molecular formula is C22H19ClN4. The highest BCUT2D eigenvalue weighted by Crippen LogP contribution is 2.25. The molecule has 0 bridgehead atoms. The van der Waals surface area contributed by atoms with Gasteiger partial charge in [0.1, 0.15) is 5.69 Å². The van der Waals surface area contributed by atoms with Gasteiger partial charge in [-0.2, -0.15) is 0 Å². The highest BCUT2D eigenvalue weighted by molar-refractivity contribution is 6.31. The third-order valence-electron chi connectivity index (χ3n) is 4.53. The zero-order valence-electron chi connectivity index (χ0n) is 15.4. The number of rotatable bonds is 3. The fourth-order valence-electron chi connectivity index (χ4n) is 3.08. The Kier molecular flexibility index (Phi) is 4.50. The van der Waals surface area contributed by atoms with E-state index in [1.807, 2.05) is 49.4 Å². The Hall–Kier alpha value is -2.98. The lowest BCUT2D eigenvalue weighted by molar-refractivity contribution is 1.21. The number of aromatic nitrogens is 3. The van der Waals surface area contributed by atoms with Crippen LogP contribution >= 0.6 is 11.6 Å². The number of H-pyrrole nitrogens is 1. The lowest BCUT2D eigenvalue weighted by atomic mass is 10.1. The van der Waals surface area contributed by atoms with Gasteiger partial charge in [-0.1, -0.05) is 35.9 Å². The average molecular weight is 375 g/mol. The van der Waals surface area contributed by atoms with Crippen LogP contribution in [0, 0.1) is 13.8 Å². The Labute approximate surface area is 163 Å². The average Bonchev–Trinajstić information content (AvgIpc) is 3.08. The summed E-state index contributed by atoms with van der Waals surface area (Å²) in [5.41, 5.74) is 7.53. The van der Waals surface area contributed by atoms with Crippen molar-refractivity contribution in [2.75, 3.05) is 0 Å². The van der Waals surface area contributed by atoms with E-state index in [0.29, 0.717) is 10.8 Å². The minimum Gasteiger partial charge on any atom is -0.337 e. The van der Waals surface area contributed by atoms with Crippen LogP contribution in [0.15, 0.2) is 59.6 Å². The van der Waals surface area contributed by atoms with E-state index in [0.717, 1.165) is 44.9 Å². The first-order valence-electron chi connectivity index (χ1n) is 8.76. The van der Waals surface area contributed by atoms with Gasteiger partial charge in [-0.3, -0.25) is 4.99 Å². The number of hydrogen-bond donors (Lipinski definition) is 1. The molecule has 1 N–H and O–H groups in total. The number of halogens is 1. The van der Waals surface area contributed by atoms with Crippen LogP contribution in [0.1, 0.15) is 23.7 Å². The molecule has 0 aliphatic rings. The third kappa shape index (κ3) is 3.49. The molecule has 0 amide bonds. The van der Waals surface area contributed by atoms with Crippen molar-refractivity contribution in [2.24, 2.45) is 4.99 Å². The molecule has 27 heavy (non-hydrogen) atoms. The van der Waals surface area contributed by atoms with Crippen LogP contribution in [0.3, 0.4) is 0 Å². The van der Waals surface area contributed by atoms with Crippen molar-refractivity contribution in [1.82, 2.24) is 15.0 Å². The number of aromatic amines is 1. The maximum Gasteiger partial charge on any atom is 0.157 e. The molecule has 0 aliphatic carbocycles. The lowest BCUT2D eigenvalue weighted by Gasteiger charge is -2.07. The molecule has 0 spiro atoms. The maximum atomic E-state index is 6.06. The number of para-hydroxylation sites is 1. The normalized spacial score (nSPS) is 11.9. The van der Waals surface area contributed by atoms with Crippen LogP contribution < -0.4 is 0 Å². The van der Waals surface area contributed by atoms with Gasteiger partial charge < -0.3 is 4.98 Å². The summed E-state index contributed by atoms with van der Waals surface area (Å²) in [6.45, 7) is 6.13. The molecule has 134 valence electrons. The van der Waals surface area contributed by atoms with E-state index >= 15 is 0 Å². The predicted molar refractivity (Wildman–Crippen MR) is 112 cm³/mol. The number of benzene rings is 2. The number of nitrogens with one attached hydrogen (secondary N) is 1. The van der Waals surface area contributed by atoms with Crippen LogP contribution in [-0.4, -0.2) is 20.7 Å². The van der Waals surface area contributed by atoms with Gasteiger partial charge in [0.05, 0.1) is 28.1 Å². The van der Waals surface area contributed by atoms with Crippen molar-refractivity contribution in [3.05, 3.63) is 76.4 Å². The van der Waals surface area contributed by atoms with Gasteiger partial charge >= 0.3 is 0 Å². The third-order valence-corrected chi connectivity index (χ3v) is 4.76. The molecule has 0 atom stereocenters. The predicted octanol–water partition coefficient (Wildman–Crippen LogP) is 6.04. The summed E-state index contributed by atoms with van der Waals surface area (Å²) in [4.78, 5) is 17.5. The molecule has 0 unspecified atom stereocenters. The van der Waals surface area contributed by atoms with E-state index in [1.165, 1.54) is 0 Å². The molecule has 4 rings (SSSR count). The lowest BCUT2D eigenvalue weighted by Crippen LogP contribution is -2.00. The van der Waals surface area contributed by atoms with E-state index in [-0.39, 0.29) is 0 Å². The van der Waals surface area contributed by atoms with Gasteiger partial charge in [-0.05, 0) is 62.2 Å². The number of imidazole rings is 1. The number of aryl methyl sites for hydroxylation is 2. The smallest absolute Gasteiger partial charge is 0.157 e. The van der Waals surface area contributed by atoms with Crippen LogP contribution in [0.2, 0.25) is 5.02 Å². The van der Waals surface area contributed by atoms with Gasteiger partial charge in [0.2, 0.25) is 0 Å². The minimum absolute atomic E-state index is 0.677. The Morgan fingerprint density at radius 3 is 2.48 bits per heavy atom. The van der Waals surface area contributed by atoms with E-state index < -0.39 is 0 Å². The van der Waals surface area contributed by atoms with Crippen molar-refractivity contribution in [1.29, 1.82) is 0 Å². The summed E-state index contributed by atoms with van der Waals surface area (Å²) in [5.74, 6) is 0.717. The first-order valence-corrected chi connectivity index (χ1v) is 9.13. The Balaban J connectivity index is 1.74. The molecule has 0 radical (unpaired) electrons.